The van der Waals surface area contributed by atoms with Crippen LogP contribution in [-0.2, 0) is 6.18 Å². The summed E-state index contributed by atoms with van der Waals surface area (Å²) in [6.07, 6.45) is -3.57. The summed E-state index contributed by atoms with van der Waals surface area (Å²) in [7, 11) is 0. The summed E-state index contributed by atoms with van der Waals surface area (Å²) >= 11 is 0. The van der Waals surface area contributed by atoms with E-state index in [4.69, 9.17) is 0 Å². The number of nitrogens with zero attached hydrogens (tertiary/aromatic N) is 1. The lowest BCUT2D eigenvalue weighted by atomic mass is 9.80. The van der Waals surface area contributed by atoms with Crippen molar-refractivity contribution in [3.63, 3.8) is 0 Å². The maximum atomic E-state index is 14.0. The van der Waals surface area contributed by atoms with E-state index in [1.807, 2.05) is 24.3 Å². The van der Waals surface area contributed by atoms with Crippen molar-refractivity contribution in [2.24, 2.45) is 0 Å². The molecule has 1 nitrogen and oxygen atoms in total. The van der Waals surface area contributed by atoms with Crippen molar-refractivity contribution in [3.05, 3.63) is 163 Å². The summed E-state index contributed by atoms with van der Waals surface area (Å²) < 4.78 is 42.0. The number of pyridine rings is 1. The van der Waals surface area contributed by atoms with Gasteiger partial charge < -0.3 is 0 Å². The largest absolute Gasteiger partial charge is 0.418 e. The van der Waals surface area contributed by atoms with Gasteiger partial charge in [0.25, 0.3) is 0 Å². The van der Waals surface area contributed by atoms with Gasteiger partial charge in [-0.05, 0) is 85.0 Å². The summed E-state index contributed by atoms with van der Waals surface area (Å²) in [6, 6.07) is 50.2. The van der Waals surface area contributed by atoms with E-state index in [0.717, 1.165) is 39.6 Å². The first kappa shape index (κ1) is 27.8. The molecule has 0 radical (unpaired) electrons. The molecule has 0 unspecified atom stereocenters. The maximum absolute atomic E-state index is 14.0. The van der Waals surface area contributed by atoms with Gasteiger partial charge in [-0.2, -0.15) is 13.2 Å². The minimum Gasteiger partial charge on any atom is -0.256 e. The van der Waals surface area contributed by atoms with Gasteiger partial charge in [-0.1, -0.05) is 133 Å². The molecule has 0 fully saturated rings. The Bertz CT molecular complexity index is 2240. The van der Waals surface area contributed by atoms with Crippen LogP contribution >= 0.6 is 0 Å². The zero-order chi connectivity index (χ0) is 31.3. The molecule has 0 saturated carbocycles. The zero-order valence-electron chi connectivity index (χ0n) is 24.6. The second kappa shape index (κ2) is 11.0. The third-order valence-corrected chi connectivity index (χ3v) is 8.75. The number of fused-ring (bicyclic) bond motifs is 8. The second-order valence-corrected chi connectivity index (χ2v) is 11.5. The normalized spacial score (nSPS) is 11.8. The zero-order valence-corrected chi connectivity index (χ0v) is 24.6. The van der Waals surface area contributed by atoms with Crippen LogP contribution in [0.3, 0.4) is 0 Å². The van der Waals surface area contributed by atoms with Gasteiger partial charge >= 0.3 is 6.18 Å². The number of aromatic nitrogens is 1. The number of hydrogen-bond acceptors (Lipinski definition) is 1. The van der Waals surface area contributed by atoms with E-state index < -0.39 is 11.7 Å². The van der Waals surface area contributed by atoms with Gasteiger partial charge in [0, 0.05) is 11.8 Å². The maximum Gasteiger partial charge on any atom is 0.418 e. The van der Waals surface area contributed by atoms with Gasteiger partial charge in [0.2, 0.25) is 0 Å². The predicted octanol–water partition coefficient (Wildman–Crippen LogP) is 12.1. The third-order valence-electron chi connectivity index (χ3n) is 8.75. The summed E-state index contributed by atoms with van der Waals surface area (Å²) in [4.78, 5) is 4.29. The molecule has 1 heterocycles. The third kappa shape index (κ3) is 4.79. The van der Waals surface area contributed by atoms with Crippen LogP contribution in [0.5, 0.6) is 0 Å². The first-order valence-corrected chi connectivity index (χ1v) is 15.1. The molecule has 0 atom stereocenters. The number of halogens is 3. The fourth-order valence-electron chi connectivity index (χ4n) is 6.59. The highest BCUT2D eigenvalue weighted by Crippen LogP contribution is 2.48. The van der Waals surface area contributed by atoms with Crippen LogP contribution in [0.1, 0.15) is 5.56 Å². The monoisotopic (exact) mass is 601 g/mol. The minimum absolute atomic E-state index is 0.111. The van der Waals surface area contributed by atoms with E-state index >= 15 is 0 Å². The lowest BCUT2D eigenvalue weighted by Gasteiger charge is -2.23. The van der Waals surface area contributed by atoms with Crippen LogP contribution < -0.4 is 0 Å². The van der Waals surface area contributed by atoms with E-state index in [9.17, 15) is 13.2 Å². The van der Waals surface area contributed by atoms with Crippen molar-refractivity contribution in [2.45, 2.75) is 6.18 Å². The molecular formula is C42H26F3N. The van der Waals surface area contributed by atoms with Crippen molar-refractivity contribution in [3.8, 4) is 78.0 Å². The Labute approximate surface area is 265 Å². The predicted molar refractivity (Wildman–Crippen MR) is 181 cm³/mol. The van der Waals surface area contributed by atoms with Crippen LogP contribution in [0, 0.1) is 0 Å². The molecule has 0 bridgehead atoms. The molecule has 46 heavy (non-hydrogen) atoms. The first-order valence-electron chi connectivity index (χ1n) is 15.1. The Balaban J connectivity index is 1.28. The smallest absolute Gasteiger partial charge is 0.256 e. The van der Waals surface area contributed by atoms with Crippen LogP contribution in [0.2, 0.25) is 0 Å². The summed E-state index contributed by atoms with van der Waals surface area (Å²) in [5.41, 5.74) is 12.4. The number of hydrogen-bond donors (Lipinski definition) is 0. The fraction of sp³-hybridized carbons (Fsp3) is 0.0238. The van der Waals surface area contributed by atoms with E-state index in [0.29, 0.717) is 11.3 Å². The Hall–Kier alpha value is -5.74. The number of alkyl halides is 3. The lowest BCUT2D eigenvalue weighted by Crippen LogP contribution is -2.08. The summed E-state index contributed by atoms with van der Waals surface area (Å²) in [5.74, 6) is 0. The molecule has 1 aliphatic rings. The molecule has 1 aliphatic carbocycles. The van der Waals surface area contributed by atoms with E-state index in [2.05, 4.69) is 96.0 Å². The molecule has 0 amide bonds. The molecular weight excluding hydrogens is 575 g/mol. The summed E-state index contributed by atoms with van der Waals surface area (Å²) in [6.45, 7) is 0. The summed E-state index contributed by atoms with van der Waals surface area (Å²) in [5, 5.41) is 0. The number of rotatable bonds is 3. The van der Waals surface area contributed by atoms with Gasteiger partial charge in [-0.25, -0.2) is 0 Å². The first-order chi connectivity index (χ1) is 22.5. The average molecular weight is 602 g/mol. The van der Waals surface area contributed by atoms with Gasteiger partial charge in [-0.15, -0.1) is 0 Å². The van der Waals surface area contributed by atoms with Crippen LogP contribution in [-0.4, -0.2) is 4.98 Å². The fourth-order valence-corrected chi connectivity index (χ4v) is 6.59. The van der Waals surface area contributed by atoms with E-state index in [-0.39, 0.29) is 5.56 Å². The molecule has 8 rings (SSSR count). The van der Waals surface area contributed by atoms with Gasteiger partial charge in [0.05, 0.1) is 11.3 Å². The average Bonchev–Trinajstić information content (AvgIpc) is 3.10. The van der Waals surface area contributed by atoms with Gasteiger partial charge in [0.1, 0.15) is 0 Å². The number of benzene rings is 6. The molecule has 0 spiro atoms. The highest BCUT2D eigenvalue weighted by atomic mass is 19.4. The standard InChI is InChI=1S/C42H26F3N/c43-42(44,45)40-26-46-41(25-38(40)27-11-2-1-3-12-27)30-14-10-13-28(23-30)29-21-22-37-35-19-7-6-17-33(35)31-15-4-5-16-32(31)34-18-8-9-20-36(34)39(37)24-29/h1-26H. The molecule has 220 valence electrons. The SMILES string of the molecule is FC(F)(F)c1cnc(-c2cccc(-c3ccc4c(c3)-c3ccccc3-c3ccccc3-c3ccccc3-4)c2)cc1-c1ccccc1. The van der Waals surface area contributed by atoms with Gasteiger partial charge in [-0.3, -0.25) is 4.98 Å². The molecule has 0 aliphatic heterocycles. The molecule has 6 aromatic carbocycles. The Morgan fingerprint density at radius 1 is 0.348 bits per heavy atom. The van der Waals surface area contributed by atoms with Crippen molar-refractivity contribution in [1.29, 1.82) is 0 Å². The van der Waals surface area contributed by atoms with Crippen molar-refractivity contribution in [2.75, 3.05) is 0 Å². The molecule has 1 aromatic heterocycles. The van der Waals surface area contributed by atoms with Gasteiger partial charge in [0.15, 0.2) is 0 Å². The van der Waals surface area contributed by atoms with Crippen molar-refractivity contribution >= 4 is 0 Å². The molecule has 0 saturated heterocycles. The second-order valence-electron chi connectivity index (χ2n) is 11.5. The van der Waals surface area contributed by atoms with Crippen LogP contribution in [0.4, 0.5) is 13.2 Å². The van der Waals surface area contributed by atoms with Crippen LogP contribution in [0.15, 0.2) is 158 Å². The molecule has 0 N–H and O–H groups in total. The van der Waals surface area contributed by atoms with Crippen molar-refractivity contribution < 1.29 is 13.2 Å². The lowest BCUT2D eigenvalue weighted by molar-refractivity contribution is -0.137. The quantitative estimate of drug-likeness (QED) is 0.196. The Kier molecular flexibility index (Phi) is 6.65. The molecule has 7 aromatic rings. The Morgan fingerprint density at radius 3 is 1.37 bits per heavy atom. The van der Waals surface area contributed by atoms with E-state index in [1.54, 1.807) is 36.4 Å². The minimum atomic E-state index is -4.52. The highest BCUT2D eigenvalue weighted by molar-refractivity contribution is 6.03. The van der Waals surface area contributed by atoms with Crippen molar-refractivity contribution in [1.82, 2.24) is 4.98 Å². The molecule has 4 heteroatoms. The highest BCUT2D eigenvalue weighted by Gasteiger charge is 2.34. The van der Waals surface area contributed by atoms with E-state index in [1.165, 1.54) is 27.8 Å². The van der Waals surface area contributed by atoms with Crippen LogP contribution in [0.25, 0.3) is 78.0 Å². The topological polar surface area (TPSA) is 12.9 Å². The Morgan fingerprint density at radius 2 is 0.804 bits per heavy atom.